The highest BCUT2D eigenvalue weighted by Gasteiger charge is 2.50. The van der Waals surface area contributed by atoms with Gasteiger partial charge in [0.1, 0.15) is 6.10 Å². The van der Waals surface area contributed by atoms with Gasteiger partial charge in [0.25, 0.3) is 5.91 Å². The Morgan fingerprint density at radius 3 is 2.45 bits per heavy atom. The minimum atomic E-state index is -4.58. The molecule has 1 aromatic carbocycles. The van der Waals surface area contributed by atoms with Gasteiger partial charge in [-0.1, -0.05) is 18.2 Å². The lowest BCUT2D eigenvalue weighted by atomic mass is 9.98. The molecular weight excluding hydrogens is 442 g/mol. The highest BCUT2D eigenvalue weighted by molar-refractivity contribution is 6.00. The van der Waals surface area contributed by atoms with Crippen LogP contribution in [0.25, 0.3) is 11.4 Å². The average molecular weight is 459 g/mol. The number of nitrogens with zero attached hydrogens (tertiary/aromatic N) is 5. The largest absolute Gasteiger partial charge is 0.471 e. The lowest BCUT2D eigenvalue weighted by Crippen LogP contribution is -2.39. The first kappa shape index (κ1) is 21.2. The van der Waals surface area contributed by atoms with E-state index in [1.54, 1.807) is 29.2 Å². The molecule has 3 aromatic rings. The third-order valence-electron chi connectivity index (χ3n) is 5.92. The fourth-order valence-electron chi connectivity index (χ4n) is 4.51. The number of aromatic nitrogens is 4. The van der Waals surface area contributed by atoms with E-state index in [1.165, 1.54) is 0 Å². The molecule has 3 unspecified atom stereocenters. The van der Waals surface area contributed by atoms with Gasteiger partial charge >= 0.3 is 6.18 Å². The predicted molar refractivity (Wildman–Crippen MR) is 106 cm³/mol. The predicted octanol–water partition coefficient (Wildman–Crippen LogP) is 3.92. The van der Waals surface area contributed by atoms with Gasteiger partial charge in [0.15, 0.2) is 17.3 Å². The fraction of sp³-hybridized carbons (Fsp3) is 0.318. The fourth-order valence-corrected chi connectivity index (χ4v) is 4.51. The minimum absolute atomic E-state index is 0.0203. The van der Waals surface area contributed by atoms with E-state index in [-0.39, 0.29) is 29.7 Å². The highest BCUT2D eigenvalue weighted by atomic mass is 19.4. The zero-order valence-corrected chi connectivity index (χ0v) is 17.0. The maximum Gasteiger partial charge on any atom is 0.434 e. The Hall–Kier alpha value is -3.63. The summed E-state index contributed by atoms with van der Waals surface area (Å²) in [6.45, 7) is 0. The van der Waals surface area contributed by atoms with Crippen LogP contribution in [-0.4, -0.2) is 48.9 Å². The van der Waals surface area contributed by atoms with Gasteiger partial charge in [0.05, 0.1) is 36.4 Å². The standard InChI is InChI=1S/C22H17F4N5O2/c23-12-8-29-20(30-9-12)14-3-1-2-4-15(14)21(32)31-13-5-6-16(31)17(7-13)33-19-11-27-18(10-28-19)22(24,25)26/h1-4,8-11,13,16-17H,5-7H2. The second-order valence-electron chi connectivity index (χ2n) is 7.91. The molecule has 2 bridgehead atoms. The number of carbonyl (C=O) groups is 1. The Bertz CT molecular complexity index is 1170. The zero-order valence-electron chi connectivity index (χ0n) is 17.0. The summed E-state index contributed by atoms with van der Waals surface area (Å²) in [7, 11) is 0. The number of benzene rings is 1. The van der Waals surface area contributed by atoms with Gasteiger partial charge < -0.3 is 9.64 Å². The second-order valence-corrected chi connectivity index (χ2v) is 7.91. The number of carbonyl (C=O) groups excluding carboxylic acids is 1. The Balaban J connectivity index is 1.36. The van der Waals surface area contributed by atoms with Crippen molar-refractivity contribution in [2.45, 2.75) is 43.6 Å². The van der Waals surface area contributed by atoms with E-state index in [2.05, 4.69) is 19.9 Å². The lowest BCUT2D eigenvalue weighted by molar-refractivity contribution is -0.141. The molecule has 0 spiro atoms. The molecule has 5 rings (SSSR count). The maximum atomic E-state index is 13.5. The average Bonchev–Trinajstić information content (AvgIpc) is 3.37. The summed E-state index contributed by atoms with van der Waals surface area (Å²) >= 11 is 0. The monoisotopic (exact) mass is 459 g/mol. The first-order chi connectivity index (χ1) is 15.8. The van der Waals surface area contributed by atoms with E-state index in [1.807, 2.05) is 0 Å². The molecule has 2 saturated heterocycles. The van der Waals surface area contributed by atoms with Crippen LogP contribution in [0.4, 0.5) is 17.6 Å². The highest BCUT2D eigenvalue weighted by Crippen LogP contribution is 2.41. The van der Waals surface area contributed by atoms with Crippen LogP contribution in [0.1, 0.15) is 35.3 Å². The van der Waals surface area contributed by atoms with Gasteiger partial charge in [-0.2, -0.15) is 13.2 Å². The Morgan fingerprint density at radius 1 is 1.00 bits per heavy atom. The van der Waals surface area contributed by atoms with Crippen molar-refractivity contribution in [2.24, 2.45) is 0 Å². The Labute approximate surface area is 185 Å². The number of fused-ring (bicyclic) bond motifs is 2. The van der Waals surface area contributed by atoms with Crippen LogP contribution >= 0.6 is 0 Å². The second kappa shape index (κ2) is 8.05. The van der Waals surface area contributed by atoms with E-state index in [0.29, 0.717) is 30.2 Å². The van der Waals surface area contributed by atoms with Gasteiger partial charge in [0.2, 0.25) is 5.88 Å². The molecule has 0 N–H and O–H groups in total. The van der Waals surface area contributed by atoms with Gasteiger partial charge in [-0.25, -0.2) is 24.3 Å². The van der Waals surface area contributed by atoms with Crippen LogP contribution < -0.4 is 4.74 Å². The molecule has 4 heterocycles. The van der Waals surface area contributed by atoms with Crippen molar-refractivity contribution < 1.29 is 27.1 Å². The minimum Gasteiger partial charge on any atom is -0.471 e. The van der Waals surface area contributed by atoms with Gasteiger partial charge in [-0.15, -0.1) is 0 Å². The van der Waals surface area contributed by atoms with Gasteiger partial charge in [0, 0.05) is 18.0 Å². The van der Waals surface area contributed by atoms with E-state index >= 15 is 0 Å². The molecule has 2 aliphatic heterocycles. The smallest absolute Gasteiger partial charge is 0.434 e. The molecule has 0 aliphatic carbocycles. The topological polar surface area (TPSA) is 81.1 Å². The molecule has 2 fully saturated rings. The van der Waals surface area contributed by atoms with Crippen LogP contribution in [0, 0.1) is 5.82 Å². The quantitative estimate of drug-likeness (QED) is 0.551. The molecule has 0 radical (unpaired) electrons. The summed E-state index contributed by atoms with van der Waals surface area (Å²) < 4.78 is 57.2. The van der Waals surface area contributed by atoms with Crippen LogP contribution in [0.2, 0.25) is 0 Å². The first-order valence-corrected chi connectivity index (χ1v) is 10.3. The summed E-state index contributed by atoms with van der Waals surface area (Å²) in [6.07, 6.45) is 0.696. The van der Waals surface area contributed by atoms with Crippen molar-refractivity contribution in [3.63, 3.8) is 0 Å². The Kier molecular flexibility index (Phi) is 5.18. The molecule has 2 aliphatic rings. The van der Waals surface area contributed by atoms with Crippen molar-refractivity contribution in [1.82, 2.24) is 24.8 Å². The lowest BCUT2D eigenvalue weighted by Gasteiger charge is -2.25. The number of hydrogen-bond donors (Lipinski definition) is 0. The molecule has 11 heteroatoms. The van der Waals surface area contributed by atoms with Crippen molar-refractivity contribution in [3.05, 3.63) is 66.1 Å². The molecule has 33 heavy (non-hydrogen) atoms. The summed E-state index contributed by atoms with van der Waals surface area (Å²) in [6, 6.07) is 6.51. The zero-order chi connectivity index (χ0) is 23.2. The molecule has 170 valence electrons. The molecule has 2 aromatic heterocycles. The van der Waals surface area contributed by atoms with Crippen molar-refractivity contribution in [1.29, 1.82) is 0 Å². The summed E-state index contributed by atoms with van der Waals surface area (Å²) in [5.41, 5.74) is -0.227. The summed E-state index contributed by atoms with van der Waals surface area (Å²) in [4.78, 5) is 30.3. The molecule has 3 atom stereocenters. The van der Waals surface area contributed by atoms with Crippen LogP contribution in [0.5, 0.6) is 5.88 Å². The van der Waals surface area contributed by atoms with Gasteiger partial charge in [-0.05, 0) is 18.9 Å². The number of ether oxygens (including phenoxy) is 1. The number of halogens is 4. The molecule has 1 amide bonds. The number of hydrogen-bond acceptors (Lipinski definition) is 6. The maximum absolute atomic E-state index is 13.5. The molecule has 0 saturated carbocycles. The molecular formula is C22H17F4N5O2. The Morgan fingerprint density at radius 2 is 1.76 bits per heavy atom. The van der Waals surface area contributed by atoms with Crippen LogP contribution in [0.15, 0.2) is 49.1 Å². The van der Waals surface area contributed by atoms with E-state index in [9.17, 15) is 22.4 Å². The van der Waals surface area contributed by atoms with Crippen molar-refractivity contribution in [2.75, 3.05) is 0 Å². The first-order valence-electron chi connectivity index (χ1n) is 10.3. The van der Waals surface area contributed by atoms with Gasteiger partial charge in [-0.3, -0.25) is 4.79 Å². The van der Waals surface area contributed by atoms with Crippen LogP contribution in [0.3, 0.4) is 0 Å². The normalized spacial score (nSPS) is 21.9. The number of alkyl halides is 3. The van der Waals surface area contributed by atoms with Crippen molar-refractivity contribution in [3.8, 4) is 17.3 Å². The third-order valence-corrected chi connectivity index (χ3v) is 5.92. The van der Waals surface area contributed by atoms with Crippen LogP contribution in [-0.2, 0) is 6.18 Å². The summed E-state index contributed by atoms with van der Waals surface area (Å²) in [5, 5.41) is 0. The van der Waals surface area contributed by atoms with E-state index < -0.39 is 23.8 Å². The van der Waals surface area contributed by atoms with E-state index in [0.717, 1.165) is 25.0 Å². The summed E-state index contributed by atoms with van der Waals surface area (Å²) in [5.74, 6) is -0.588. The number of amides is 1. The molecule has 7 nitrogen and oxygen atoms in total. The third kappa shape index (κ3) is 3.98. The van der Waals surface area contributed by atoms with Crippen molar-refractivity contribution >= 4 is 5.91 Å². The van der Waals surface area contributed by atoms with E-state index in [4.69, 9.17) is 4.74 Å². The number of rotatable bonds is 4. The SMILES string of the molecule is O=C(c1ccccc1-c1ncc(F)cn1)N1C2CCC1C(Oc1cnc(C(F)(F)F)cn1)C2.